The summed E-state index contributed by atoms with van der Waals surface area (Å²) in [7, 11) is 0. The summed E-state index contributed by atoms with van der Waals surface area (Å²) in [5.74, 6) is -4.50. The first-order chi connectivity index (χ1) is 15.2. The molecule has 0 saturated carbocycles. The minimum atomic E-state index is -1.45. The van der Waals surface area contributed by atoms with Gasteiger partial charge in [0.05, 0.1) is 16.9 Å². The van der Waals surface area contributed by atoms with Crippen LogP contribution in [0.1, 0.15) is 25.5 Å². The highest BCUT2D eigenvalue weighted by Gasteiger charge is 2.24. The molecular formula is C22H17F3N4O2S. The van der Waals surface area contributed by atoms with Gasteiger partial charge in [0.25, 0.3) is 0 Å². The molecule has 0 saturated heterocycles. The monoisotopic (exact) mass is 458 g/mol. The van der Waals surface area contributed by atoms with E-state index in [-0.39, 0.29) is 17.0 Å². The Morgan fingerprint density at radius 1 is 1.09 bits per heavy atom. The van der Waals surface area contributed by atoms with Crippen molar-refractivity contribution < 1.29 is 18.3 Å². The van der Waals surface area contributed by atoms with Crippen molar-refractivity contribution in [1.29, 1.82) is 0 Å². The van der Waals surface area contributed by atoms with Gasteiger partial charge in [-0.15, -0.1) is 11.8 Å². The standard InChI is InChI=1S/C22H17F3N4O2S/c1-10(2)18-20(15(32-3)6-7-26-18)29-21-11(9-27-22(29)31)8-13(24)19(28-21)16-14(30)5-4-12(23)17(16)25/h4-10,30H,1-3H3. The zero-order valence-corrected chi connectivity index (χ0v) is 18.0. The summed E-state index contributed by atoms with van der Waals surface area (Å²) in [6, 6.07) is 4.36. The largest absolute Gasteiger partial charge is 0.507 e. The summed E-state index contributed by atoms with van der Waals surface area (Å²) in [6.45, 7) is 3.80. The van der Waals surface area contributed by atoms with E-state index in [2.05, 4.69) is 15.0 Å². The van der Waals surface area contributed by atoms with Crippen molar-refractivity contribution in [2.24, 2.45) is 0 Å². The average molecular weight is 458 g/mol. The number of phenolic OH excluding ortho intramolecular Hbond substituents is 1. The van der Waals surface area contributed by atoms with Gasteiger partial charge >= 0.3 is 5.69 Å². The summed E-state index contributed by atoms with van der Waals surface area (Å²) in [5.41, 5.74) is -1.09. The van der Waals surface area contributed by atoms with Gasteiger partial charge in [-0.2, -0.15) is 0 Å². The van der Waals surface area contributed by atoms with Crippen LogP contribution in [0.25, 0.3) is 28.0 Å². The lowest BCUT2D eigenvalue weighted by atomic mass is 10.1. The van der Waals surface area contributed by atoms with Crippen LogP contribution in [0.15, 0.2) is 46.3 Å². The summed E-state index contributed by atoms with van der Waals surface area (Å²) >= 11 is 1.37. The maximum atomic E-state index is 14.9. The number of rotatable bonds is 4. The molecule has 0 bridgehead atoms. The van der Waals surface area contributed by atoms with E-state index in [1.807, 2.05) is 20.1 Å². The smallest absolute Gasteiger partial charge is 0.353 e. The topological polar surface area (TPSA) is 80.9 Å². The van der Waals surface area contributed by atoms with Crippen LogP contribution in [0.4, 0.5) is 13.2 Å². The first-order valence-electron chi connectivity index (χ1n) is 9.53. The Bertz CT molecular complexity index is 1420. The molecule has 3 heterocycles. The fourth-order valence-electron chi connectivity index (χ4n) is 3.45. The van der Waals surface area contributed by atoms with Crippen LogP contribution in [0, 0.1) is 17.5 Å². The number of nitrogens with zero attached hydrogens (tertiary/aromatic N) is 4. The molecule has 0 aliphatic rings. The third kappa shape index (κ3) is 3.50. The van der Waals surface area contributed by atoms with Crippen LogP contribution < -0.4 is 5.69 Å². The number of hydrogen-bond donors (Lipinski definition) is 1. The highest BCUT2D eigenvalue weighted by Crippen LogP contribution is 2.36. The molecule has 0 aliphatic heterocycles. The molecule has 4 aromatic rings. The summed E-state index contributed by atoms with van der Waals surface area (Å²) in [6.07, 6.45) is 4.60. The van der Waals surface area contributed by atoms with E-state index >= 15 is 0 Å². The minimum Gasteiger partial charge on any atom is -0.507 e. The van der Waals surface area contributed by atoms with Crippen molar-refractivity contribution in [3.8, 4) is 22.7 Å². The first-order valence-corrected chi connectivity index (χ1v) is 10.8. The van der Waals surface area contributed by atoms with Crippen molar-refractivity contribution >= 4 is 22.8 Å². The van der Waals surface area contributed by atoms with E-state index in [1.54, 1.807) is 12.3 Å². The molecule has 0 aliphatic carbocycles. The highest BCUT2D eigenvalue weighted by molar-refractivity contribution is 7.98. The molecule has 0 spiro atoms. The number of phenols is 1. The number of halogens is 3. The summed E-state index contributed by atoms with van der Waals surface area (Å²) in [4.78, 5) is 26.0. The number of aromatic nitrogens is 4. The predicted molar refractivity (Wildman–Crippen MR) is 116 cm³/mol. The van der Waals surface area contributed by atoms with Crippen LogP contribution in [0.3, 0.4) is 0 Å². The van der Waals surface area contributed by atoms with E-state index in [4.69, 9.17) is 0 Å². The maximum absolute atomic E-state index is 14.9. The lowest BCUT2D eigenvalue weighted by molar-refractivity contribution is 0.457. The number of benzene rings is 1. The molecule has 0 atom stereocenters. The normalized spacial score (nSPS) is 11.5. The van der Waals surface area contributed by atoms with Crippen LogP contribution in [0.2, 0.25) is 0 Å². The van der Waals surface area contributed by atoms with Crippen LogP contribution >= 0.6 is 11.8 Å². The quantitative estimate of drug-likeness (QED) is 0.442. The van der Waals surface area contributed by atoms with Gasteiger partial charge in [0.15, 0.2) is 23.1 Å². The molecule has 6 nitrogen and oxygen atoms in total. The number of fused-ring (bicyclic) bond motifs is 1. The molecule has 1 N–H and O–H groups in total. The first kappa shape index (κ1) is 21.8. The Kier molecular flexibility index (Phi) is 5.64. The van der Waals surface area contributed by atoms with Crippen LogP contribution in [-0.4, -0.2) is 30.9 Å². The van der Waals surface area contributed by atoms with E-state index in [1.165, 1.54) is 16.3 Å². The molecule has 4 rings (SSSR count). The number of hydrogen-bond acceptors (Lipinski definition) is 6. The summed E-state index contributed by atoms with van der Waals surface area (Å²) in [5, 5.41) is 10.3. The highest BCUT2D eigenvalue weighted by atomic mass is 32.2. The van der Waals surface area contributed by atoms with Gasteiger partial charge in [-0.1, -0.05) is 13.8 Å². The molecule has 3 aromatic heterocycles. The average Bonchev–Trinajstić information content (AvgIpc) is 2.76. The van der Waals surface area contributed by atoms with E-state index < -0.39 is 40.1 Å². The second-order valence-corrected chi connectivity index (χ2v) is 8.11. The Hall–Kier alpha value is -3.40. The zero-order valence-electron chi connectivity index (χ0n) is 17.2. The molecule has 1 aromatic carbocycles. The van der Waals surface area contributed by atoms with E-state index in [9.17, 15) is 23.1 Å². The van der Waals surface area contributed by atoms with Crippen LogP contribution in [0.5, 0.6) is 5.75 Å². The molecule has 32 heavy (non-hydrogen) atoms. The molecular weight excluding hydrogens is 441 g/mol. The van der Waals surface area contributed by atoms with E-state index in [0.717, 1.165) is 24.4 Å². The molecule has 0 radical (unpaired) electrons. The lowest BCUT2D eigenvalue weighted by Crippen LogP contribution is -2.24. The third-order valence-electron chi connectivity index (χ3n) is 4.92. The van der Waals surface area contributed by atoms with Gasteiger partial charge in [0.1, 0.15) is 11.4 Å². The summed E-state index contributed by atoms with van der Waals surface area (Å²) < 4.78 is 44.4. The number of aromatic hydroxyl groups is 1. The fourth-order valence-corrected chi connectivity index (χ4v) is 4.03. The number of thioether (sulfide) groups is 1. The SMILES string of the molecule is CSc1ccnc(C(C)C)c1-n1c(=O)ncc2cc(F)c(-c3c(O)ccc(F)c3F)nc21. The Morgan fingerprint density at radius 2 is 1.84 bits per heavy atom. The molecule has 0 unspecified atom stereocenters. The van der Waals surface area contributed by atoms with E-state index in [0.29, 0.717) is 16.3 Å². The van der Waals surface area contributed by atoms with Gasteiger partial charge in [0.2, 0.25) is 0 Å². The molecule has 0 fully saturated rings. The second kappa shape index (κ2) is 8.27. The minimum absolute atomic E-state index is 0.0327. The van der Waals surface area contributed by atoms with Crippen molar-refractivity contribution in [2.75, 3.05) is 6.26 Å². The van der Waals surface area contributed by atoms with Gasteiger partial charge in [-0.25, -0.2) is 32.5 Å². The van der Waals surface area contributed by atoms with Gasteiger partial charge in [-0.05, 0) is 36.4 Å². The maximum Gasteiger partial charge on any atom is 0.353 e. The van der Waals surface area contributed by atoms with Crippen molar-refractivity contribution in [3.63, 3.8) is 0 Å². The molecule has 10 heteroatoms. The molecule has 0 amide bonds. The predicted octanol–water partition coefficient (Wildman–Crippen LogP) is 4.81. The third-order valence-corrected chi connectivity index (χ3v) is 5.69. The fraction of sp³-hybridized carbons (Fsp3) is 0.182. The Morgan fingerprint density at radius 3 is 2.53 bits per heavy atom. The zero-order chi connectivity index (χ0) is 23.2. The second-order valence-electron chi connectivity index (χ2n) is 7.27. The number of pyridine rings is 2. The molecule has 164 valence electrons. The lowest BCUT2D eigenvalue weighted by Gasteiger charge is -2.18. The van der Waals surface area contributed by atoms with Gasteiger partial charge in [-0.3, -0.25) is 4.98 Å². The van der Waals surface area contributed by atoms with Crippen molar-refractivity contribution in [1.82, 2.24) is 19.5 Å². The van der Waals surface area contributed by atoms with Crippen molar-refractivity contribution in [2.45, 2.75) is 24.7 Å². The Balaban J connectivity index is 2.15. The van der Waals surface area contributed by atoms with Crippen LogP contribution in [-0.2, 0) is 0 Å². The van der Waals surface area contributed by atoms with Crippen molar-refractivity contribution in [3.05, 3.63) is 70.3 Å². The Labute approximate surface area is 184 Å². The van der Waals surface area contributed by atoms with Gasteiger partial charge in [0, 0.05) is 22.7 Å². The van der Waals surface area contributed by atoms with Gasteiger partial charge < -0.3 is 5.11 Å².